The zero-order valence-corrected chi connectivity index (χ0v) is 18.9. The molecule has 1 aliphatic rings. The fraction of sp³-hybridized carbons (Fsp3) is 0.222. The second-order valence-electron chi connectivity index (χ2n) is 8.05. The van der Waals surface area contributed by atoms with Gasteiger partial charge in [0, 0.05) is 5.56 Å². The van der Waals surface area contributed by atoms with Gasteiger partial charge in [0.1, 0.15) is 30.1 Å². The molecule has 0 saturated heterocycles. The highest BCUT2D eigenvalue weighted by Gasteiger charge is 2.48. The van der Waals surface area contributed by atoms with Gasteiger partial charge >= 0.3 is 11.9 Å². The quantitative estimate of drug-likeness (QED) is 0.467. The Labute approximate surface area is 197 Å². The van der Waals surface area contributed by atoms with Gasteiger partial charge < -0.3 is 18.9 Å². The summed E-state index contributed by atoms with van der Waals surface area (Å²) < 4.78 is 21.3. The molecule has 4 rings (SSSR count). The van der Waals surface area contributed by atoms with Crippen LogP contribution in [-0.2, 0) is 15.9 Å². The van der Waals surface area contributed by atoms with Crippen LogP contribution >= 0.6 is 0 Å². The minimum atomic E-state index is -1.20. The molecule has 0 aromatic heterocycles. The van der Waals surface area contributed by atoms with Crippen LogP contribution in [0.3, 0.4) is 0 Å². The Morgan fingerprint density at radius 1 is 0.735 bits per heavy atom. The van der Waals surface area contributed by atoms with Crippen molar-refractivity contribution in [2.75, 3.05) is 27.4 Å². The molecular formula is C27H24O7. The van der Waals surface area contributed by atoms with Crippen molar-refractivity contribution in [1.29, 1.82) is 0 Å². The van der Waals surface area contributed by atoms with Gasteiger partial charge in [-0.15, -0.1) is 0 Å². The molecule has 174 valence electrons. The molecule has 0 bridgehead atoms. The monoisotopic (exact) mass is 460 g/mol. The van der Waals surface area contributed by atoms with Crippen LogP contribution in [-0.4, -0.2) is 45.2 Å². The molecule has 0 atom stereocenters. The van der Waals surface area contributed by atoms with E-state index in [1.54, 1.807) is 60.7 Å². The maximum atomic E-state index is 13.4. The Morgan fingerprint density at radius 2 is 1.21 bits per heavy atom. The van der Waals surface area contributed by atoms with E-state index in [4.69, 9.17) is 18.9 Å². The van der Waals surface area contributed by atoms with Crippen molar-refractivity contribution < 1.29 is 33.3 Å². The molecule has 1 aliphatic carbocycles. The smallest absolute Gasteiger partial charge is 0.338 e. The SMILES string of the molecule is COc1ccc(C(=O)OCC2(COC(=O)c3ccc(OC)cc3)Cc3ccccc3C2=O)cc1. The number of ether oxygens (including phenoxy) is 4. The van der Waals surface area contributed by atoms with Crippen molar-refractivity contribution in [3.05, 3.63) is 95.1 Å². The average Bonchev–Trinajstić information content (AvgIpc) is 3.17. The first-order valence-electron chi connectivity index (χ1n) is 10.7. The number of benzene rings is 3. The second-order valence-corrected chi connectivity index (χ2v) is 8.05. The molecule has 0 amide bonds. The summed E-state index contributed by atoms with van der Waals surface area (Å²) >= 11 is 0. The fourth-order valence-corrected chi connectivity index (χ4v) is 3.93. The number of esters is 2. The van der Waals surface area contributed by atoms with Crippen molar-refractivity contribution in [1.82, 2.24) is 0 Å². The van der Waals surface area contributed by atoms with Gasteiger partial charge in [-0.1, -0.05) is 24.3 Å². The molecule has 0 N–H and O–H groups in total. The lowest BCUT2D eigenvalue weighted by Gasteiger charge is -2.26. The van der Waals surface area contributed by atoms with Crippen LogP contribution in [0.1, 0.15) is 36.6 Å². The van der Waals surface area contributed by atoms with Gasteiger partial charge in [0.05, 0.1) is 25.3 Å². The summed E-state index contributed by atoms with van der Waals surface area (Å²) in [6.07, 6.45) is 0.299. The van der Waals surface area contributed by atoms with Gasteiger partial charge in [0.25, 0.3) is 0 Å². The Kier molecular flexibility index (Phi) is 6.63. The Hall–Kier alpha value is -4.13. The van der Waals surface area contributed by atoms with Crippen LogP contribution in [0.4, 0.5) is 0 Å². The van der Waals surface area contributed by atoms with Gasteiger partial charge in [-0.25, -0.2) is 9.59 Å². The fourth-order valence-electron chi connectivity index (χ4n) is 3.93. The molecule has 0 radical (unpaired) electrons. The lowest BCUT2D eigenvalue weighted by molar-refractivity contribution is 0.00275. The average molecular weight is 460 g/mol. The van der Waals surface area contributed by atoms with Crippen molar-refractivity contribution in [3.63, 3.8) is 0 Å². The predicted molar refractivity (Wildman–Crippen MR) is 123 cm³/mol. The van der Waals surface area contributed by atoms with Crippen LogP contribution in [0.25, 0.3) is 0 Å². The summed E-state index contributed by atoms with van der Waals surface area (Å²) in [5, 5.41) is 0. The Balaban J connectivity index is 1.51. The van der Waals surface area contributed by atoms with Crippen LogP contribution in [0.15, 0.2) is 72.8 Å². The topological polar surface area (TPSA) is 88.1 Å². The van der Waals surface area contributed by atoms with Gasteiger partial charge in [-0.2, -0.15) is 0 Å². The number of carbonyl (C=O) groups excluding carboxylic acids is 3. The van der Waals surface area contributed by atoms with E-state index in [1.807, 2.05) is 12.1 Å². The summed E-state index contributed by atoms with van der Waals surface area (Å²) in [5.74, 6) is -0.146. The lowest BCUT2D eigenvalue weighted by Crippen LogP contribution is -2.40. The van der Waals surface area contributed by atoms with E-state index in [2.05, 4.69) is 0 Å². The van der Waals surface area contributed by atoms with E-state index in [-0.39, 0.29) is 19.0 Å². The van der Waals surface area contributed by atoms with Gasteiger partial charge in [0.2, 0.25) is 0 Å². The highest BCUT2D eigenvalue weighted by atomic mass is 16.5. The predicted octanol–water partition coefficient (Wildman–Crippen LogP) is 4.14. The second kappa shape index (κ2) is 9.79. The van der Waals surface area contributed by atoms with Crippen molar-refractivity contribution in [2.24, 2.45) is 5.41 Å². The van der Waals surface area contributed by atoms with Crippen LogP contribution < -0.4 is 9.47 Å². The Bertz CT molecular complexity index is 1130. The molecule has 7 heteroatoms. The highest BCUT2D eigenvalue weighted by Crippen LogP contribution is 2.38. The van der Waals surface area contributed by atoms with Crippen molar-refractivity contribution >= 4 is 17.7 Å². The minimum absolute atomic E-state index is 0.215. The van der Waals surface area contributed by atoms with Gasteiger partial charge in [-0.05, 0) is 60.5 Å². The molecule has 0 heterocycles. The summed E-state index contributed by atoms with van der Waals surface area (Å²) in [6.45, 7) is -0.442. The van der Waals surface area contributed by atoms with E-state index in [0.717, 1.165) is 5.56 Å². The molecule has 0 saturated carbocycles. The summed E-state index contributed by atoms with van der Waals surface area (Å²) in [4.78, 5) is 38.7. The maximum absolute atomic E-state index is 13.4. The first-order valence-corrected chi connectivity index (χ1v) is 10.7. The van der Waals surface area contributed by atoms with Gasteiger partial charge in [-0.3, -0.25) is 4.79 Å². The highest BCUT2D eigenvalue weighted by molar-refractivity contribution is 6.05. The van der Waals surface area contributed by atoms with E-state index < -0.39 is 17.4 Å². The zero-order valence-electron chi connectivity index (χ0n) is 18.9. The molecule has 34 heavy (non-hydrogen) atoms. The van der Waals surface area contributed by atoms with Crippen molar-refractivity contribution in [3.8, 4) is 11.5 Å². The molecule has 0 unspecified atom stereocenters. The number of hydrogen-bond acceptors (Lipinski definition) is 7. The molecule has 3 aromatic rings. The molecule has 7 nitrogen and oxygen atoms in total. The summed E-state index contributed by atoms with van der Waals surface area (Å²) in [6, 6.07) is 20.2. The maximum Gasteiger partial charge on any atom is 0.338 e. The van der Waals surface area contributed by atoms with Gasteiger partial charge in [0.15, 0.2) is 5.78 Å². The number of fused-ring (bicyclic) bond motifs is 1. The molecule has 0 spiro atoms. The third-order valence-corrected chi connectivity index (χ3v) is 5.88. The number of rotatable bonds is 8. The number of hydrogen-bond donors (Lipinski definition) is 0. The number of Topliss-reactive ketones (excluding diaryl/α,β-unsaturated/α-hetero) is 1. The van der Waals surface area contributed by atoms with E-state index in [9.17, 15) is 14.4 Å². The zero-order chi connectivity index (χ0) is 24.1. The number of ketones is 1. The Morgan fingerprint density at radius 3 is 1.65 bits per heavy atom. The van der Waals surface area contributed by atoms with E-state index in [0.29, 0.717) is 34.6 Å². The normalized spacial score (nSPS) is 13.6. The first kappa shape index (κ1) is 23.0. The standard InChI is InChI=1S/C27H24O7/c1-31-21-11-7-18(8-12-21)25(29)33-16-27(15-20-5-3-4-6-23(20)24(27)28)17-34-26(30)19-9-13-22(32-2)14-10-19/h3-14H,15-17H2,1-2H3. The summed E-state index contributed by atoms with van der Waals surface area (Å²) in [5.41, 5.74) is 0.828. The van der Waals surface area contributed by atoms with Crippen LogP contribution in [0.5, 0.6) is 11.5 Å². The molecule has 3 aromatic carbocycles. The molecular weight excluding hydrogens is 436 g/mol. The number of carbonyl (C=O) groups is 3. The summed E-state index contributed by atoms with van der Waals surface area (Å²) in [7, 11) is 3.07. The van der Waals surface area contributed by atoms with Crippen molar-refractivity contribution in [2.45, 2.75) is 6.42 Å². The lowest BCUT2D eigenvalue weighted by atomic mass is 9.85. The largest absolute Gasteiger partial charge is 0.497 e. The van der Waals surface area contributed by atoms with E-state index >= 15 is 0 Å². The van der Waals surface area contributed by atoms with Crippen LogP contribution in [0.2, 0.25) is 0 Å². The molecule has 0 aliphatic heterocycles. The third kappa shape index (κ3) is 4.64. The van der Waals surface area contributed by atoms with E-state index in [1.165, 1.54) is 14.2 Å². The number of methoxy groups -OCH3 is 2. The minimum Gasteiger partial charge on any atom is -0.497 e. The van der Waals surface area contributed by atoms with Crippen LogP contribution in [0, 0.1) is 5.41 Å². The molecule has 0 fully saturated rings. The first-order chi connectivity index (χ1) is 16.5. The third-order valence-electron chi connectivity index (χ3n) is 5.88.